The molecule has 0 aliphatic carbocycles. The largest absolute Gasteiger partial charge is 0.382 e. The van der Waals surface area contributed by atoms with Gasteiger partial charge >= 0.3 is 0 Å². The van der Waals surface area contributed by atoms with Crippen LogP contribution in [0.1, 0.15) is 6.92 Å². The molecule has 0 fully saturated rings. The lowest BCUT2D eigenvalue weighted by Crippen LogP contribution is -2.37. The smallest absolute Gasteiger partial charge is 0.251 e. The van der Waals surface area contributed by atoms with Crippen molar-refractivity contribution in [1.29, 1.82) is 0 Å². The van der Waals surface area contributed by atoms with E-state index in [0.29, 0.717) is 19.6 Å². The molecule has 0 aromatic carbocycles. The van der Waals surface area contributed by atoms with Crippen LogP contribution in [0.15, 0.2) is 24.2 Å². The molecule has 0 aromatic heterocycles. The van der Waals surface area contributed by atoms with Crippen molar-refractivity contribution < 1.29 is 28.3 Å². The number of methoxy groups -OCH3 is 1. The van der Waals surface area contributed by atoms with Crippen LogP contribution in [0.4, 0.5) is 0 Å². The van der Waals surface area contributed by atoms with Gasteiger partial charge in [0.1, 0.15) is 0 Å². The third kappa shape index (κ3) is 12.0. The maximum absolute atomic E-state index is 11.4. The zero-order chi connectivity index (χ0) is 20.0. The first-order chi connectivity index (χ1) is 12.3. The third-order valence-electron chi connectivity index (χ3n) is 3.27. The van der Waals surface area contributed by atoms with Gasteiger partial charge in [-0.15, -0.1) is 0 Å². The molecule has 0 saturated carbocycles. The summed E-state index contributed by atoms with van der Waals surface area (Å²) in [5, 5.41) is 2.03. The van der Waals surface area contributed by atoms with E-state index in [9.17, 15) is 9.59 Å². The van der Waals surface area contributed by atoms with Crippen LogP contribution in [0, 0.1) is 0 Å². The molecule has 0 aliphatic rings. The number of amides is 2. The summed E-state index contributed by atoms with van der Waals surface area (Å²) in [6, 6.07) is 0. The minimum absolute atomic E-state index is 0.220. The summed E-state index contributed by atoms with van der Waals surface area (Å²) < 4.78 is 21.8. The highest BCUT2D eigenvalue weighted by Crippen LogP contribution is 2.42. The van der Waals surface area contributed by atoms with E-state index >= 15 is 0 Å². The molecule has 0 bridgehead atoms. The van der Waals surface area contributed by atoms with E-state index in [1.807, 2.05) is 30.8 Å². The van der Waals surface area contributed by atoms with Crippen LogP contribution in [-0.2, 0) is 28.3 Å². The van der Waals surface area contributed by atoms with Crippen LogP contribution in [0.2, 0.25) is 0 Å². The van der Waals surface area contributed by atoms with Gasteiger partial charge in [-0.1, -0.05) is 12.4 Å². The van der Waals surface area contributed by atoms with Gasteiger partial charge in [-0.25, -0.2) is 0 Å². The number of carbonyl (C=O) groups excluding carboxylic acids is 2. The van der Waals surface area contributed by atoms with Crippen molar-refractivity contribution in [3.63, 3.8) is 0 Å². The molecule has 0 radical (unpaired) electrons. The van der Waals surface area contributed by atoms with Gasteiger partial charge in [0, 0.05) is 40.7 Å². The van der Waals surface area contributed by atoms with Crippen LogP contribution in [0.3, 0.4) is 0 Å². The molecule has 2 amide bonds. The molecule has 0 heterocycles. The number of likely N-dealkylation sites (N-methyl/N-ethyl adjacent to an activating group) is 1. The normalized spacial score (nSPS) is 16.3. The van der Waals surface area contributed by atoms with Crippen LogP contribution < -0.4 is 5.32 Å². The van der Waals surface area contributed by atoms with Crippen molar-refractivity contribution in [2.45, 2.75) is 19.3 Å². The Bertz CT molecular complexity index is 523. The van der Waals surface area contributed by atoms with Crippen molar-refractivity contribution in [1.82, 2.24) is 10.2 Å². The van der Waals surface area contributed by atoms with Gasteiger partial charge in [-0.05, 0) is 19.4 Å². The average molecular weight is 390 g/mol. The summed E-state index contributed by atoms with van der Waals surface area (Å²) in [6.07, 6.45) is 8.35. The summed E-state index contributed by atoms with van der Waals surface area (Å²) in [5.41, 5.74) is 0. The molecule has 150 valence electrons. The van der Waals surface area contributed by atoms with Crippen molar-refractivity contribution in [3.05, 3.63) is 24.2 Å². The maximum atomic E-state index is 11.4. The summed E-state index contributed by atoms with van der Waals surface area (Å²) in [7, 11) is 3.20. The first-order valence-corrected chi connectivity index (χ1v) is 10.5. The highest BCUT2D eigenvalue weighted by atomic mass is 31.2. The Labute approximate surface area is 156 Å². The summed E-state index contributed by atoms with van der Waals surface area (Å²) in [4.78, 5) is 23.3. The molecule has 3 unspecified atom stereocenters. The highest BCUT2D eigenvalue weighted by molar-refractivity contribution is 7.71. The first-order valence-electron chi connectivity index (χ1n) is 8.07. The lowest BCUT2D eigenvalue weighted by molar-refractivity contribution is -0.121. The fourth-order valence-electron chi connectivity index (χ4n) is 1.62. The Morgan fingerprint density at radius 3 is 2.62 bits per heavy atom. The number of carbonyl (C=O) groups is 2. The maximum Gasteiger partial charge on any atom is 0.251 e. The first kappa shape index (κ1) is 24.6. The molecule has 0 aliphatic heterocycles. The zero-order valence-corrected chi connectivity index (χ0v) is 17.1. The van der Waals surface area contributed by atoms with Gasteiger partial charge in [0.2, 0.25) is 6.41 Å². The fraction of sp³-hybridized carbons (Fsp3) is 0.588. The van der Waals surface area contributed by atoms with Gasteiger partial charge in [-0.3, -0.25) is 14.9 Å². The second kappa shape index (κ2) is 13.7. The molecular weight excluding hydrogens is 359 g/mol. The van der Waals surface area contributed by atoms with Crippen LogP contribution in [0.25, 0.3) is 0 Å². The SMILES string of the molecule is C=P(C)(/C=C/C(C)OC(COCCOC)N(C)/C=C\C(=O)NC=O)OC. The quantitative estimate of drug-likeness (QED) is 0.157. The molecule has 9 heteroatoms. The van der Waals surface area contributed by atoms with Crippen molar-refractivity contribution in [2.24, 2.45) is 0 Å². The number of imide groups is 1. The summed E-state index contributed by atoms with van der Waals surface area (Å²) in [6.45, 7) is 5.02. The molecule has 1 N–H and O–H groups in total. The molecule has 3 atom stereocenters. The van der Waals surface area contributed by atoms with E-state index in [1.165, 1.54) is 12.3 Å². The van der Waals surface area contributed by atoms with E-state index < -0.39 is 19.2 Å². The predicted molar refractivity (Wildman–Crippen MR) is 104 cm³/mol. The minimum Gasteiger partial charge on any atom is -0.382 e. The second-order valence-corrected chi connectivity index (χ2v) is 8.68. The monoisotopic (exact) mass is 390 g/mol. The second-order valence-electron chi connectivity index (χ2n) is 5.67. The Morgan fingerprint density at radius 2 is 2.04 bits per heavy atom. The van der Waals surface area contributed by atoms with Crippen molar-refractivity contribution in [3.8, 4) is 0 Å². The third-order valence-corrected chi connectivity index (χ3v) is 4.91. The Hall–Kier alpha value is -1.44. The Balaban J connectivity index is 4.88. The van der Waals surface area contributed by atoms with E-state index in [-0.39, 0.29) is 12.7 Å². The van der Waals surface area contributed by atoms with Crippen LogP contribution in [-0.4, -0.2) is 83.6 Å². The lowest BCUT2D eigenvalue weighted by atomic mass is 10.4. The number of nitrogens with zero attached hydrogens (tertiary/aromatic N) is 1. The van der Waals surface area contributed by atoms with Crippen LogP contribution >= 0.6 is 7.11 Å². The molecule has 8 nitrogen and oxygen atoms in total. The topological polar surface area (TPSA) is 86.3 Å². The van der Waals surface area contributed by atoms with E-state index in [1.54, 1.807) is 26.2 Å². The summed E-state index contributed by atoms with van der Waals surface area (Å²) >= 11 is 0. The minimum atomic E-state index is -1.78. The van der Waals surface area contributed by atoms with E-state index in [2.05, 4.69) is 6.30 Å². The van der Waals surface area contributed by atoms with E-state index in [4.69, 9.17) is 18.7 Å². The Kier molecular flexibility index (Phi) is 13.0. The van der Waals surface area contributed by atoms with Gasteiger partial charge < -0.3 is 23.6 Å². The standard InChI is InChI=1S/C17H31N2O6P/c1-15(8-12-26(5,6)23-4)25-17(13-24-11-10-22-3)19(2)9-7-16(21)18-14-20/h7-9,12,14-15,17H,5,10-11,13H2,1-4,6H3,(H,18,20,21)/b9-7-,12-8+. The molecule has 0 saturated heterocycles. The van der Waals surface area contributed by atoms with E-state index in [0.717, 1.165) is 0 Å². The number of ether oxygens (including phenoxy) is 3. The van der Waals surface area contributed by atoms with Gasteiger partial charge in [0.05, 0.1) is 25.9 Å². The van der Waals surface area contributed by atoms with Gasteiger partial charge in [-0.2, -0.15) is 0 Å². The predicted octanol–water partition coefficient (Wildman–Crippen LogP) is 1.25. The van der Waals surface area contributed by atoms with Crippen LogP contribution in [0.5, 0.6) is 0 Å². The van der Waals surface area contributed by atoms with Crippen molar-refractivity contribution >= 4 is 25.7 Å². The van der Waals surface area contributed by atoms with Gasteiger partial charge in [0.25, 0.3) is 5.91 Å². The number of nitrogens with one attached hydrogen (secondary N) is 1. The molecule has 26 heavy (non-hydrogen) atoms. The van der Waals surface area contributed by atoms with Gasteiger partial charge in [0.15, 0.2) is 6.23 Å². The Morgan fingerprint density at radius 1 is 1.35 bits per heavy atom. The van der Waals surface area contributed by atoms with Crippen molar-refractivity contribution in [2.75, 3.05) is 47.8 Å². The number of rotatable bonds is 14. The number of hydrogen-bond donors (Lipinski definition) is 1. The molecule has 0 spiro atoms. The molecule has 0 rings (SSSR count). The average Bonchev–Trinajstić information content (AvgIpc) is 2.61. The molecule has 0 aromatic rings. The summed E-state index contributed by atoms with van der Waals surface area (Å²) in [5.74, 6) is 1.41. The zero-order valence-electron chi connectivity index (χ0n) is 16.2. The lowest BCUT2D eigenvalue weighted by Gasteiger charge is -2.29. The molecular formula is C17H31N2O6P. The fourth-order valence-corrected chi connectivity index (χ4v) is 2.35. The highest BCUT2D eigenvalue weighted by Gasteiger charge is 2.16. The number of hydrogen-bond acceptors (Lipinski definition) is 7.